The van der Waals surface area contributed by atoms with Crippen LogP contribution < -0.4 is 11.1 Å². The molecule has 26 heavy (non-hydrogen) atoms. The van der Waals surface area contributed by atoms with Crippen LogP contribution in [-0.2, 0) is 18.3 Å². The summed E-state index contributed by atoms with van der Waals surface area (Å²) in [7, 11) is 1.79. The van der Waals surface area contributed by atoms with E-state index in [9.17, 15) is 4.79 Å². The molecule has 0 saturated heterocycles. The molecule has 0 spiro atoms. The molecular weight excluding hydrogens is 391 g/mol. The Balaban J connectivity index is 1.76. The minimum atomic E-state index is -0.318. The molecule has 0 saturated carbocycles. The van der Waals surface area contributed by atoms with Gasteiger partial charge in [0, 0.05) is 19.2 Å². The number of halogens is 2. The highest BCUT2D eigenvalue weighted by molar-refractivity contribution is 7.20. The van der Waals surface area contributed by atoms with Crippen LogP contribution in [0.15, 0.2) is 42.6 Å². The summed E-state index contributed by atoms with van der Waals surface area (Å²) in [5.74, 6) is -0.445. The number of anilines is 1. The van der Waals surface area contributed by atoms with E-state index in [0.717, 1.165) is 11.1 Å². The Labute approximate surface area is 165 Å². The van der Waals surface area contributed by atoms with E-state index in [1.54, 1.807) is 17.9 Å². The first-order valence-electron chi connectivity index (χ1n) is 8.01. The van der Waals surface area contributed by atoms with Crippen LogP contribution in [0, 0.1) is 5.92 Å². The second-order valence-corrected chi connectivity index (χ2v) is 7.94. The van der Waals surface area contributed by atoms with Crippen molar-refractivity contribution in [1.82, 2.24) is 9.78 Å². The monoisotopic (exact) mass is 408 g/mol. The molecular formula is C18H18Cl2N4OS. The van der Waals surface area contributed by atoms with Crippen molar-refractivity contribution in [3.63, 3.8) is 0 Å². The van der Waals surface area contributed by atoms with Crippen molar-refractivity contribution < 1.29 is 4.79 Å². The van der Waals surface area contributed by atoms with Crippen LogP contribution in [0.1, 0.15) is 5.56 Å². The lowest BCUT2D eigenvalue weighted by atomic mass is 9.99. The number of thiophene rings is 1. The molecule has 0 aliphatic rings. The van der Waals surface area contributed by atoms with Crippen molar-refractivity contribution in [3.05, 3.63) is 57.5 Å². The molecule has 136 valence electrons. The van der Waals surface area contributed by atoms with Gasteiger partial charge in [-0.15, -0.1) is 11.3 Å². The Morgan fingerprint density at radius 1 is 1.35 bits per heavy atom. The fourth-order valence-electron chi connectivity index (χ4n) is 2.71. The number of hydrogen-bond acceptors (Lipinski definition) is 4. The van der Waals surface area contributed by atoms with Gasteiger partial charge in [-0.2, -0.15) is 5.10 Å². The van der Waals surface area contributed by atoms with E-state index in [2.05, 4.69) is 10.4 Å². The summed E-state index contributed by atoms with van der Waals surface area (Å²) in [6, 6.07) is 11.6. The quantitative estimate of drug-likeness (QED) is 0.641. The molecule has 0 unspecified atom stereocenters. The van der Waals surface area contributed by atoms with Crippen molar-refractivity contribution in [2.75, 3.05) is 11.9 Å². The molecule has 0 radical (unpaired) electrons. The summed E-state index contributed by atoms with van der Waals surface area (Å²) in [6.07, 6.45) is 2.15. The minimum absolute atomic E-state index is 0.128. The molecule has 2 heterocycles. The summed E-state index contributed by atoms with van der Waals surface area (Å²) in [6.45, 7) is 0.264. The zero-order valence-corrected chi connectivity index (χ0v) is 16.4. The number of carbonyl (C=O) groups excluding carboxylic acids is 1. The van der Waals surface area contributed by atoms with Crippen LogP contribution in [0.4, 0.5) is 5.00 Å². The van der Waals surface area contributed by atoms with E-state index in [4.69, 9.17) is 28.9 Å². The van der Waals surface area contributed by atoms with Crippen LogP contribution in [0.5, 0.6) is 0 Å². The van der Waals surface area contributed by atoms with Gasteiger partial charge in [-0.25, -0.2) is 0 Å². The highest BCUT2D eigenvalue weighted by atomic mass is 35.5. The highest BCUT2D eigenvalue weighted by Crippen LogP contribution is 2.41. The molecule has 8 heteroatoms. The van der Waals surface area contributed by atoms with Gasteiger partial charge in [0.15, 0.2) is 0 Å². The molecule has 0 aliphatic heterocycles. The van der Waals surface area contributed by atoms with Gasteiger partial charge in [-0.05, 0) is 18.1 Å². The number of aromatic nitrogens is 2. The Kier molecular flexibility index (Phi) is 5.98. The number of rotatable bonds is 6. The van der Waals surface area contributed by atoms with E-state index in [-0.39, 0.29) is 18.4 Å². The molecule has 0 fully saturated rings. The van der Waals surface area contributed by atoms with Crippen molar-refractivity contribution >= 4 is 45.4 Å². The van der Waals surface area contributed by atoms with Gasteiger partial charge in [0.05, 0.1) is 27.8 Å². The highest BCUT2D eigenvalue weighted by Gasteiger charge is 2.21. The van der Waals surface area contributed by atoms with Crippen LogP contribution >= 0.6 is 34.5 Å². The average Bonchev–Trinajstić information content (AvgIpc) is 3.14. The van der Waals surface area contributed by atoms with E-state index >= 15 is 0 Å². The average molecular weight is 409 g/mol. The third-order valence-electron chi connectivity index (χ3n) is 4.06. The number of nitrogens with two attached hydrogens (primary N) is 1. The Hall–Kier alpha value is -1.86. The summed E-state index contributed by atoms with van der Waals surface area (Å²) >= 11 is 13.8. The van der Waals surface area contributed by atoms with Gasteiger partial charge in [-0.1, -0.05) is 53.5 Å². The van der Waals surface area contributed by atoms with Gasteiger partial charge >= 0.3 is 0 Å². The molecule has 1 atom stereocenters. The first kappa shape index (κ1) is 18.9. The van der Waals surface area contributed by atoms with Crippen LogP contribution in [-0.4, -0.2) is 22.2 Å². The van der Waals surface area contributed by atoms with E-state index < -0.39 is 0 Å². The number of nitrogens with zero attached hydrogens (tertiary/aromatic N) is 2. The molecule has 3 aromatic rings. The predicted octanol–water partition coefficient (Wildman–Crippen LogP) is 4.21. The number of benzene rings is 1. The van der Waals surface area contributed by atoms with Gasteiger partial charge in [0.1, 0.15) is 4.34 Å². The van der Waals surface area contributed by atoms with Gasteiger partial charge in [0.2, 0.25) is 5.91 Å². The zero-order chi connectivity index (χ0) is 18.7. The summed E-state index contributed by atoms with van der Waals surface area (Å²) in [4.78, 5) is 12.6. The van der Waals surface area contributed by atoms with Crippen molar-refractivity contribution in [2.45, 2.75) is 6.42 Å². The Morgan fingerprint density at radius 3 is 2.69 bits per heavy atom. The van der Waals surface area contributed by atoms with Crippen molar-refractivity contribution in [2.24, 2.45) is 18.7 Å². The normalized spacial score (nSPS) is 12.2. The fraction of sp³-hybridized carbons (Fsp3) is 0.222. The lowest BCUT2D eigenvalue weighted by molar-refractivity contribution is -0.119. The number of amides is 1. The molecule has 5 nitrogen and oxygen atoms in total. The number of aryl methyl sites for hydroxylation is 1. The van der Waals surface area contributed by atoms with E-state index in [0.29, 0.717) is 26.5 Å². The largest absolute Gasteiger partial charge is 0.330 e. The second-order valence-electron chi connectivity index (χ2n) is 5.87. The topological polar surface area (TPSA) is 72.9 Å². The van der Waals surface area contributed by atoms with Gasteiger partial charge in [0.25, 0.3) is 0 Å². The molecule has 3 N–H and O–H groups in total. The smallest absolute Gasteiger partial charge is 0.229 e. The van der Waals surface area contributed by atoms with Gasteiger partial charge in [-0.3, -0.25) is 9.48 Å². The van der Waals surface area contributed by atoms with E-state index in [1.165, 1.54) is 11.3 Å². The molecule has 0 aliphatic carbocycles. The van der Waals surface area contributed by atoms with Crippen LogP contribution in [0.2, 0.25) is 9.36 Å². The SMILES string of the molecule is Cn1ncc(Cl)c1-c1cc(NC(=O)[C@@H](CN)Cc2ccccc2)sc1Cl. The maximum Gasteiger partial charge on any atom is 0.229 e. The molecule has 1 amide bonds. The fourth-order valence-corrected chi connectivity index (χ4v) is 4.16. The molecule has 2 aromatic heterocycles. The minimum Gasteiger partial charge on any atom is -0.330 e. The standard InChI is InChI=1S/C18H18Cl2N4OS/c1-24-16(14(19)10-22-24)13-8-15(26-17(13)20)23-18(25)12(9-21)7-11-5-3-2-4-6-11/h2-6,8,10,12H,7,9,21H2,1H3,(H,23,25)/t12-/m1/s1. The first-order chi connectivity index (χ1) is 12.5. The third kappa shape index (κ3) is 4.10. The van der Waals surface area contributed by atoms with Crippen LogP contribution in [0.25, 0.3) is 11.3 Å². The lowest BCUT2D eigenvalue weighted by Crippen LogP contribution is -2.30. The lowest BCUT2D eigenvalue weighted by Gasteiger charge is -2.14. The first-order valence-corrected chi connectivity index (χ1v) is 9.59. The summed E-state index contributed by atoms with van der Waals surface area (Å²) in [5, 5.41) is 8.20. The third-order valence-corrected chi connectivity index (χ3v) is 5.61. The Bertz CT molecular complexity index is 888. The Morgan fingerprint density at radius 2 is 2.08 bits per heavy atom. The number of hydrogen-bond donors (Lipinski definition) is 2. The summed E-state index contributed by atoms with van der Waals surface area (Å²) in [5.41, 5.74) is 8.34. The van der Waals surface area contributed by atoms with Crippen molar-refractivity contribution in [3.8, 4) is 11.3 Å². The zero-order valence-electron chi connectivity index (χ0n) is 14.1. The van der Waals surface area contributed by atoms with Crippen LogP contribution in [0.3, 0.4) is 0 Å². The predicted molar refractivity (Wildman–Crippen MR) is 108 cm³/mol. The second kappa shape index (κ2) is 8.22. The van der Waals surface area contributed by atoms with Gasteiger partial charge < -0.3 is 11.1 Å². The molecule has 3 rings (SSSR count). The van der Waals surface area contributed by atoms with Crippen molar-refractivity contribution in [1.29, 1.82) is 0 Å². The number of carbonyl (C=O) groups is 1. The van der Waals surface area contributed by atoms with E-state index in [1.807, 2.05) is 36.4 Å². The summed E-state index contributed by atoms with van der Waals surface area (Å²) < 4.78 is 2.19. The maximum absolute atomic E-state index is 12.6. The maximum atomic E-state index is 12.6. The molecule has 0 bridgehead atoms. The molecule has 1 aromatic carbocycles. The number of nitrogens with one attached hydrogen (secondary N) is 1.